The van der Waals surface area contributed by atoms with E-state index in [9.17, 15) is 4.79 Å². The summed E-state index contributed by atoms with van der Waals surface area (Å²) in [5.41, 5.74) is 0.516. The van der Waals surface area contributed by atoms with Crippen LogP contribution >= 0.6 is 0 Å². The van der Waals surface area contributed by atoms with Crippen molar-refractivity contribution in [1.82, 2.24) is 0 Å². The molecule has 1 aromatic carbocycles. The Hall–Kier alpha value is -1.59. The third-order valence-corrected chi connectivity index (χ3v) is 2.78. The first-order chi connectivity index (χ1) is 9.71. The van der Waals surface area contributed by atoms with E-state index < -0.39 is 0 Å². The first-order valence-corrected chi connectivity index (χ1v) is 6.63. The minimum atomic E-state index is -0.325. The highest BCUT2D eigenvalue weighted by Gasteiger charge is 2.09. The molecule has 0 amide bonds. The fourth-order valence-corrected chi connectivity index (χ4v) is 1.61. The Kier molecular flexibility index (Phi) is 7.69. The van der Waals surface area contributed by atoms with Crippen molar-refractivity contribution in [2.24, 2.45) is 0 Å². The van der Waals surface area contributed by atoms with Crippen molar-refractivity contribution in [1.29, 1.82) is 0 Å². The molecule has 0 radical (unpaired) electrons. The number of benzene rings is 1. The van der Waals surface area contributed by atoms with Crippen LogP contribution in [0.25, 0.3) is 0 Å². The van der Waals surface area contributed by atoms with E-state index in [1.165, 1.54) is 0 Å². The number of methoxy groups -OCH3 is 2. The number of esters is 1. The van der Waals surface area contributed by atoms with E-state index in [0.29, 0.717) is 31.1 Å². The van der Waals surface area contributed by atoms with E-state index in [4.69, 9.17) is 18.9 Å². The predicted molar refractivity (Wildman–Crippen MR) is 75.2 cm³/mol. The summed E-state index contributed by atoms with van der Waals surface area (Å²) in [7, 11) is 3.30. The second-order valence-electron chi connectivity index (χ2n) is 4.20. The van der Waals surface area contributed by atoms with Crippen LogP contribution in [0.4, 0.5) is 0 Å². The molecule has 1 atom stereocenters. The third-order valence-electron chi connectivity index (χ3n) is 2.78. The van der Waals surface area contributed by atoms with Gasteiger partial charge in [-0.2, -0.15) is 0 Å². The van der Waals surface area contributed by atoms with Gasteiger partial charge in [-0.3, -0.25) is 0 Å². The fourth-order valence-electron chi connectivity index (χ4n) is 1.61. The highest BCUT2D eigenvalue weighted by Crippen LogP contribution is 2.14. The molecule has 1 unspecified atom stereocenters. The van der Waals surface area contributed by atoms with Crippen LogP contribution in [0.3, 0.4) is 0 Å². The topological polar surface area (TPSA) is 54.0 Å². The van der Waals surface area contributed by atoms with Crippen LogP contribution in [-0.2, 0) is 14.2 Å². The summed E-state index contributed by atoms with van der Waals surface area (Å²) in [6.45, 7) is 3.22. The Morgan fingerprint density at radius 3 is 2.45 bits per heavy atom. The minimum absolute atomic E-state index is 0.0142. The van der Waals surface area contributed by atoms with Crippen molar-refractivity contribution >= 4 is 5.97 Å². The number of hydrogen-bond acceptors (Lipinski definition) is 5. The number of ether oxygens (including phenoxy) is 4. The monoisotopic (exact) mass is 282 g/mol. The van der Waals surface area contributed by atoms with E-state index in [2.05, 4.69) is 0 Å². The van der Waals surface area contributed by atoms with Gasteiger partial charge in [0.25, 0.3) is 0 Å². The lowest BCUT2D eigenvalue weighted by molar-refractivity contribution is 0.0328. The lowest BCUT2D eigenvalue weighted by Crippen LogP contribution is -2.22. The van der Waals surface area contributed by atoms with Crippen LogP contribution < -0.4 is 4.74 Å². The van der Waals surface area contributed by atoms with Crippen molar-refractivity contribution in [3.05, 3.63) is 29.8 Å². The molecule has 20 heavy (non-hydrogen) atoms. The Morgan fingerprint density at radius 2 is 1.90 bits per heavy atom. The zero-order chi connectivity index (χ0) is 14.8. The minimum Gasteiger partial charge on any atom is -0.491 e. The number of carbonyl (C=O) groups is 1. The molecule has 0 saturated heterocycles. The highest BCUT2D eigenvalue weighted by atomic mass is 16.5. The lowest BCUT2D eigenvalue weighted by atomic mass is 10.2. The van der Waals surface area contributed by atoms with Gasteiger partial charge in [0.1, 0.15) is 12.4 Å². The molecule has 0 saturated carbocycles. The number of hydrogen-bond donors (Lipinski definition) is 0. The summed E-state index contributed by atoms with van der Waals surface area (Å²) in [6.07, 6.45) is 0.758. The van der Waals surface area contributed by atoms with Gasteiger partial charge < -0.3 is 18.9 Å². The van der Waals surface area contributed by atoms with Crippen molar-refractivity contribution in [3.8, 4) is 5.75 Å². The molecule has 0 bridgehead atoms. The molecule has 5 nitrogen and oxygen atoms in total. The van der Waals surface area contributed by atoms with Crippen LogP contribution in [0.15, 0.2) is 24.3 Å². The standard InChI is InChI=1S/C15H22O5/c1-4-19-15(16)12-5-7-13(8-6-12)20-11-14(18-3)9-10-17-2/h5-8,14H,4,9-11H2,1-3H3. The quantitative estimate of drug-likeness (QED) is 0.650. The van der Waals surface area contributed by atoms with Gasteiger partial charge in [-0.1, -0.05) is 0 Å². The zero-order valence-electron chi connectivity index (χ0n) is 12.3. The first-order valence-electron chi connectivity index (χ1n) is 6.63. The van der Waals surface area contributed by atoms with Gasteiger partial charge in [-0.15, -0.1) is 0 Å². The Balaban J connectivity index is 2.46. The van der Waals surface area contributed by atoms with Gasteiger partial charge in [0.2, 0.25) is 0 Å². The summed E-state index contributed by atoms with van der Waals surface area (Å²) >= 11 is 0. The second kappa shape index (κ2) is 9.34. The molecule has 112 valence electrons. The number of carbonyl (C=O) groups excluding carboxylic acids is 1. The van der Waals surface area contributed by atoms with Crippen LogP contribution in [0, 0.1) is 0 Å². The van der Waals surface area contributed by atoms with Gasteiger partial charge in [0, 0.05) is 27.2 Å². The average molecular weight is 282 g/mol. The van der Waals surface area contributed by atoms with Gasteiger partial charge in [0.05, 0.1) is 18.3 Å². The molecule has 0 aromatic heterocycles. The maximum atomic E-state index is 11.5. The van der Waals surface area contributed by atoms with Crippen molar-refractivity contribution in [2.75, 3.05) is 34.0 Å². The zero-order valence-corrected chi connectivity index (χ0v) is 12.3. The normalized spacial score (nSPS) is 11.9. The van der Waals surface area contributed by atoms with Crippen LogP contribution in [0.1, 0.15) is 23.7 Å². The van der Waals surface area contributed by atoms with Crippen LogP contribution in [0.5, 0.6) is 5.75 Å². The molecule has 0 N–H and O–H groups in total. The molecular formula is C15H22O5. The molecule has 0 heterocycles. The van der Waals surface area contributed by atoms with Crippen LogP contribution in [0.2, 0.25) is 0 Å². The summed E-state index contributed by atoms with van der Waals surface area (Å²) in [4.78, 5) is 11.5. The van der Waals surface area contributed by atoms with Gasteiger partial charge in [-0.25, -0.2) is 4.79 Å². The van der Waals surface area contributed by atoms with E-state index in [1.807, 2.05) is 0 Å². The Bertz CT molecular complexity index is 388. The van der Waals surface area contributed by atoms with Crippen molar-refractivity contribution in [2.45, 2.75) is 19.4 Å². The molecule has 0 spiro atoms. The lowest BCUT2D eigenvalue weighted by Gasteiger charge is -2.15. The highest BCUT2D eigenvalue weighted by molar-refractivity contribution is 5.89. The van der Waals surface area contributed by atoms with E-state index in [-0.39, 0.29) is 12.1 Å². The maximum absolute atomic E-state index is 11.5. The summed E-state index contributed by atoms with van der Waals surface area (Å²) in [5, 5.41) is 0. The molecule has 1 rings (SSSR count). The van der Waals surface area contributed by atoms with Crippen molar-refractivity contribution in [3.63, 3.8) is 0 Å². The molecule has 0 aliphatic heterocycles. The SMILES string of the molecule is CCOC(=O)c1ccc(OCC(CCOC)OC)cc1. The van der Waals surface area contributed by atoms with Crippen molar-refractivity contribution < 1.29 is 23.7 Å². The number of rotatable bonds is 9. The molecule has 0 aliphatic carbocycles. The van der Waals surface area contributed by atoms with Gasteiger partial charge in [0.15, 0.2) is 0 Å². The summed E-state index contributed by atoms with van der Waals surface area (Å²) in [5.74, 6) is 0.367. The Morgan fingerprint density at radius 1 is 1.20 bits per heavy atom. The van der Waals surface area contributed by atoms with E-state index >= 15 is 0 Å². The second-order valence-corrected chi connectivity index (χ2v) is 4.20. The first kappa shape index (κ1) is 16.5. The van der Waals surface area contributed by atoms with Gasteiger partial charge >= 0.3 is 5.97 Å². The van der Waals surface area contributed by atoms with Crippen LogP contribution in [-0.4, -0.2) is 46.1 Å². The fraction of sp³-hybridized carbons (Fsp3) is 0.533. The van der Waals surface area contributed by atoms with Gasteiger partial charge in [-0.05, 0) is 31.2 Å². The average Bonchev–Trinajstić information content (AvgIpc) is 2.48. The molecular weight excluding hydrogens is 260 g/mol. The summed E-state index contributed by atoms with van der Waals surface area (Å²) < 4.78 is 20.8. The molecule has 1 aromatic rings. The molecule has 0 fully saturated rings. The largest absolute Gasteiger partial charge is 0.491 e. The molecule has 5 heteroatoms. The Labute approximate surface area is 119 Å². The predicted octanol–water partition coefficient (Wildman–Crippen LogP) is 2.29. The third kappa shape index (κ3) is 5.59. The smallest absolute Gasteiger partial charge is 0.338 e. The maximum Gasteiger partial charge on any atom is 0.338 e. The molecule has 0 aliphatic rings. The van der Waals surface area contributed by atoms with E-state index in [0.717, 1.165) is 6.42 Å². The van der Waals surface area contributed by atoms with E-state index in [1.54, 1.807) is 45.4 Å². The summed E-state index contributed by atoms with van der Waals surface area (Å²) in [6, 6.07) is 6.86.